The van der Waals surface area contributed by atoms with Crippen LogP contribution in [0.5, 0.6) is 0 Å². The van der Waals surface area contributed by atoms with Crippen LogP contribution in [0.3, 0.4) is 0 Å². The minimum atomic E-state index is -0.258. The van der Waals surface area contributed by atoms with Gasteiger partial charge >= 0.3 is 0 Å². The lowest BCUT2D eigenvalue weighted by molar-refractivity contribution is 0.276. The largest absolute Gasteiger partial charge is 0.390 e. The van der Waals surface area contributed by atoms with E-state index in [2.05, 4.69) is 22.0 Å². The zero-order valence-corrected chi connectivity index (χ0v) is 17.2. The lowest BCUT2D eigenvalue weighted by Crippen LogP contribution is -2.05. The second-order valence-corrected chi connectivity index (χ2v) is 7.15. The molecule has 3 heterocycles. The van der Waals surface area contributed by atoms with E-state index in [1.807, 2.05) is 30.8 Å². The second kappa shape index (κ2) is 8.16. The fraction of sp³-hybridized carbons (Fsp3) is 0.273. The van der Waals surface area contributed by atoms with Crippen molar-refractivity contribution in [3.05, 3.63) is 76.9 Å². The van der Waals surface area contributed by atoms with Gasteiger partial charge in [0.25, 0.3) is 0 Å². The monoisotopic (exact) mass is 406 g/mol. The zero-order valence-electron chi connectivity index (χ0n) is 17.2. The maximum atomic E-state index is 13.4. The molecule has 0 radical (unpaired) electrons. The maximum Gasteiger partial charge on any atom is 0.157 e. The van der Waals surface area contributed by atoms with Gasteiger partial charge in [-0.1, -0.05) is 6.92 Å². The van der Waals surface area contributed by atoms with E-state index in [1.165, 1.54) is 18.5 Å². The van der Waals surface area contributed by atoms with Crippen molar-refractivity contribution in [2.75, 3.05) is 0 Å². The van der Waals surface area contributed by atoms with Gasteiger partial charge in [0.15, 0.2) is 5.82 Å². The van der Waals surface area contributed by atoms with Crippen LogP contribution in [-0.4, -0.2) is 34.6 Å². The average molecular weight is 406 g/mol. The predicted molar refractivity (Wildman–Crippen MR) is 111 cm³/mol. The Morgan fingerprint density at radius 1 is 1.03 bits per heavy atom. The van der Waals surface area contributed by atoms with Crippen molar-refractivity contribution in [2.45, 2.75) is 33.3 Å². The lowest BCUT2D eigenvalue weighted by Gasteiger charge is -2.07. The Bertz CT molecular complexity index is 1180. The van der Waals surface area contributed by atoms with Gasteiger partial charge in [0.2, 0.25) is 0 Å². The molecule has 0 amide bonds. The highest BCUT2D eigenvalue weighted by atomic mass is 19.1. The van der Waals surface area contributed by atoms with E-state index in [0.29, 0.717) is 17.9 Å². The number of hydrogen-bond acceptors (Lipinski definition) is 5. The number of rotatable bonds is 6. The molecule has 0 saturated carbocycles. The molecule has 7 nitrogen and oxygen atoms in total. The third-order valence-electron chi connectivity index (χ3n) is 5.07. The summed E-state index contributed by atoms with van der Waals surface area (Å²) in [7, 11) is 1.90. The van der Waals surface area contributed by atoms with E-state index in [1.54, 1.807) is 16.8 Å². The molecule has 1 N–H and O–H groups in total. The molecule has 30 heavy (non-hydrogen) atoms. The van der Waals surface area contributed by atoms with Crippen molar-refractivity contribution >= 4 is 0 Å². The lowest BCUT2D eigenvalue weighted by atomic mass is 10.0. The Labute approximate surface area is 173 Å². The van der Waals surface area contributed by atoms with E-state index in [0.717, 1.165) is 40.3 Å². The van der Waals surface area contributed by atoms with E-state index >= 15 is 0 Å². The summed E-state index contributed by atoms with van der Waals surface area (Å²) in [5.41, 5.74) is 6.25. The molecule has 154 valence electrons. The molecule has 0 saturated heterocycles. The molecule has 1 aromatic carbocycles. The van der Waals surface area contributed by atoms with E-state index < -0.39 is 0 Å². The quantitative estimate of drug-likeness (QED) is 0.532. The zero-order chi connectivity index (χ0) is 21.3. The number of aliphatic hydroxyl groups is 1. The molecule has 0 fully saturated rings. The molecule has 0 unspecified atom stereocenters. The molecule has 0 atom stereocenters. The fourth-order valence-corrected chi connectivity index (χ4v) is 3.72. The number of aryl methyl sites for hydroxylation is 2. The Balaban J connectivity index is 1.69. The number of nitrogens with zero attached hydrogens (tertiary/aromatic N) is 6. The van der Waals surface area contributed by atoms with Gasteiger partial charge in [-0.2, -0.15) is 10.2 Å². The highest BCUT2D eigenvalue weighted by Gasteiger charge is 2.18. The first-order valence-corrected chi connectivity index (χ1v) is 9.78. The topological polar surface area (TPSA) is 81.7 Å². The highest BCUT2D eigenvalue weighted by Crippen LogP contribution is 2.28. The van der Waals surface area contributed by atoms with Crippen LogP contribution in [0, 0.1) is 12.7 Å². The molecule has 0 bridgehead atoms. The van der Waals surface area contributed by atoms with E-state index in [-0.39, 0.29) is 12.4 Å². The number of hydrogen-bond donors (Lipinski definition) is 1. The normalized spacial score (nSPS) is 11.2. The SMILES string of the molecule is CCc1c(Cc2cc(-n3nc(CO)cc3C)ncn2)nn(C)c1-c1ccc(F)cc1. The van der Waals surface area contributed by atoms with Gasteiger partial charge in [0, 0.05) is 36.4 Å². The summed E-state index contributed by atoms with van der Waals surface area (Å²) in [6.07, 6.45) is 2.85. The van der Waals surface area contributed by atoms with Crippen LogP contribution in [0.2, 0.25) is 0 Å². The molecular formula is C22H23FN6O. The number of aliphatic hydroxyl groups excluding tert-OH is 1. The van der Waals surface area contributed by atoms with Crippen LogP contribution < -0.4 is 0 Å². The molecule has 0 spiro atoms. The van der Waals surface area contributed by atoms with Crippen LogP contribution in [0.4, 0.5) is 4.39 Å². The van der Waals surface area contributed by atoms with Crippen LogP contribution in [0.1, 0.15) is 35.3 Å². The van der Waals surface area contributed by atoms with Crippen LogP contribution >= 0.6 is 0 Å². The Hall–Kier alpha value is -3.39. The van der Waals surface area contributed by atoms with Crippen LogP contribution in [-0.2, 0) is 26.5 Å². The molecule has 0 aliphatic rings. The predicted octanol–water partition coefficient (Wildman–Crippen LogP) is 3.16. The third-order valence-corrected chi connectivity index (χ3v) is 5.07. The second-order valence-electron chi connectivity index (χ2n) is 7.15. The fourth-order valence-electron chi connectivity index (χ4n) is 3.72. The smallest absolute Gasteiger partial charge is 0.157 e. The average Bonchev–Trinajstić information content (AvgIpc) is 3.27. The first-order chi connectivity index (χ1) is 14.5. The van der Waals surface area contributed by atoms with Gasteiger partial charge in [0.1, 0.15) is 12.1 Å². The molecule has 8 heteroatoms. The summed E-state index contributed by atoms with van der Waals surface area (Å²) in [4.78, 5) is 8.74. The summed E-state index contributed by atoms with van der Waals surface area (Å²) in [5, 5.41) is 18.4. The summed E-state index contributed by atoms with van der Waals surface area (Å²) in [5.74, 6) is 0.385. The minimum absolute atomic E-state index is 0.119. The standard InChI is InChI=1S/C22H23FN6O/c1-4-19-20(27-28(3)22(19)15-5-7-16(23)8-6-15)10-17-11-21(25-13-24-17)29-14(2)9-18(12-30)26-29/h5-9,11,13,30H,4,10,12H2,1-3H3. The van der Waals surface area contributed by atoms with Crippen molar-refractivity contribution in [3.63, 3.8) is 0 Å². The van der Waals surface area contributed by atoms with Crippen molar-refractivity contribution in [3.8, 4) is 17.1 Å². The third kappa shape index (κ3) is 3.73. The number of halogens is 1. The van der Waals surface area contributed by atoms with Gasteiger partial charge in [-0.15, -0.1) is 0 Å². The van der Waals surface area contributed by atoms with Gasteiger partial charge in [-0.05, 0) is 43.7 Å². The molecule has 0 aliphatic heterocycles. The minimum Gasteiger partial charge on any atom is -0.390 e. The Morgan fingerprint density at radius 3 is 2.47 bits per heavy atom. The summed E-state index contributed by atoms with van der Waals surface area (Å²) >= 11 is 0. The first kappa shape index (κ1) is 19.9. The summed E-state index contributed by atoms with van der Waals surface area (Å²) in [6, 6.07) is 10.2. The molecule has 3 aromatic heterocycles. The van der Waals surface area contributed by atoms with E-state index in [4.69, 9.17) is 5.10 Å². The Morgan fingerprint density at radius 2 is 1.80 bits per heavy atom. The summed E-state index contributed by atoms with van der Waals surface area (Å²) < 4.78 is 16.9. The van der Waals surface area contributed by atoms with E-state index in [9.17, 15) is 9.50 Å². The molecular weight excluding hydrogens is 383 g/mol. The number of benzene rings is 1. The van der Waals surface area contributed by atoms with Gasteiger partial charge in [0.05, 0.1) is 29.4 Å². The highest BCUT2D eigenvalue weighted by molar-refractivity contribution is 5.65. The van der Waals surface area contributed by atoms with Gasteiger partial charge in [-0.25, -0.2) is 19.0 Å². The molecule has 0 aliphatic carbocycles. The number of aromatic nitrogens is 6. The van der Waals surface area contributed by atoms with Crippen molar-refractivity contribution in [1.82, 2.24) is 29.5 Å². The molecule has 4 aromatic rings. The van der Waals surface area contributed by atoms with Crippen molar-refractivity contribution in [1.29, 1.82) is 0 Å². The first-order valence-electron chi connectivity index (χ1n) is 9.78. The van der Waals surface area contributed by atoms with Crippen molar-refractivity contribution in [2.24, 2.45) is 7.05 Å². The van der Waals surface area contributed by atoms with Crippen molar-refractivity contribution < 1.29 is 9.50 Å². The molecule has 4 rings (SSSR count). The van der Waals surface area contributed by atoms with Gasteiger partial charge in [-0.3, -0.25) is 4.68 Å². The Kier molecular flexibility index (Phi) is 5.41. The van der Waals surface area contributed by atoms with Crippen LogP contribution in [0.15, 0.2) is 42.7 Å². The maximum absolute atomic E-state index is 13.4. The summed E-state index contributed by atoms with van der Waals surface area (Å²) in [6.45, 7) is 3.88. The van der Waals surface area contributed by atoms with Gasteiger partial charge < -0.3 is 5.11 Å². The van der Waals surface area contributed by atoms with Crippen LogP contribution in [0.25, 0.3) is 17.1 Å².